The standard InChI is InChI=1S/C11H15ClN2/c1-11(5-4-8(12)7-11)9-3-2-6-14-10(9)13/h2-3,6,8H,4-5,7H2,1H3,(H2,13,14). The summed E-state index contributed by atoms with van der Waals surface area (Å²) < 4.78 is 0. The zero-order valence-electron chi connectivity index (χ0n) is 8.33. The lowest BCUT2D eigenvalue weighted by molar-refractivity contribution is 0.492. The van der Waals surface area contributed by atoms with Crippen LogP contribution >= 0.6 is 11.6 Å². The predicted octanol–water partition coefficient (Wildman–Crippen LogP) is 2.71. The third-order valence-electron chi connectivity index (χ3n) is 3.17. The second-order valence-electron chi connectivity index (χ2n) is 4.34. The van der Waals surface area contributed by atoms with Crippen molar-refractivity contribution in [1.29, 1.82) is 0 Å². The van der Waals surface area contributed by atoms with Gasteiger partial charge >= 0.3 is 0 Å². The van der Waals surface area contributed by atoms with Gasteiger partial charge in [0.25, 0.3) is 0 Å². The number of nitrogen functional groups attached to an aromatic ring is 1. The van der Waals surface area contributed by atoms with Gasteiger partial charge < -0.3 is 5.73 Å². The molecule has 3 heteroatoms. The zero-order chi connectivity index (χ0) is 10.2. The largest absolute Gasteiger partial charge is 0.383 e. The van der Waals surface area contributed by atoms with Crippen LogP contribution in [0.4, 0.5) is 5.82 Å². The molecule has 2 rings (SSSR count). The van der Waals surface area contributed by atoms with Gasteiger partial charge in [-0.05, 0) is 30.7 Å². The summed E-state index contributed by atoms with van der Waals surface area (Å²) in [4.78, 5) is 4.13. The number of alkyl halides is 1. The molecule has 0 bridgehead atoms. The Kier molecular flexibility index (Phi) is 2.40. The summed E-state index contributed by atoms with van der Waals surface area (Å²) >= 11 is 6.14. The fraction of sp³-hybridized carbons (Fsp3) is 0.545. The first-order valence-corrected chi connectivity index (χ1v) is 5.40. The fourth-order valence-electron chi connectivity index (χ4n) is 2.34. The molecule has 1 saturated carbocycles. The Morgan fingerprint density at radius 3 is 3.00 bits per heavy atom. The van der Waals surface area contributed by atoms with Crippen LogP contribution in [-0.2, 0) is 5.41 Å². The van der Waals surface area contributed by atoms with Crippen molar-refractivity contribution >= 4 is 17.4 Å². The Bertz CT molecular complexity index is 340. The molecule has 1 aliphatic rings. The molecule has 1 fully saturated rings. The first-order chi connectivity index (χ1) is 6.62. The molecule has 0 radical (unpaired) electrons. The van der Waals surface area contributed by atoms with E-state index in [1.165, 1.54) is 0 Å². The topological polar surface area (TPSA) is 38.9 Å². The van der Waals surface area contributed by atoms with Crippen LogP contribution in [0.2, 0.25) is 0 Å². The summed E-state index contributed by atoms with van der Waals surface area (Å²) in [5, 5.41) is 0.291. The van der Waals surface area contributed by atoms with Crippen LogP contribution in [0, 0.1) is 0 Å². The molecule has 1 heterocycles. The molecule has 0 aromatic carbocycles. The minimum absolute atomic E-state index is 0.130. The quantitative estimate of drug-likeness (QED) is 0.724. The van der Waals surface area contributed by atoms with Crippen molar-refractivity contribution in [2.24, 2.45) is 0 Å². The monoisotopic (exact) mass is 210 g/mol. The Morgan fingerprint density at radius 2 is 2.43 bits per heavy atom. The Hall–Kier alpha value is -0.760. The number of anilines is 1. The first kappa shape index (κ1) is 9.78. The molecule has 0 aliphatic heterocycles. The van der Waals surface area contributed by atoms with Crippen LogP contribution < -0.4 is 5.73 Å². The van der Waals surface area contributed by atoms with E-state index in [0.29, 0.717) is 11.2 Å². The smallest absolute Gasteiger partial charge is 0.127 e. The van der Waals surface area contributed by atoms with Gasteiger partial charge in [0.15, 0.2) is 0 Å². The van der Waals surface area contributed by atoms with E-state index in [1.54, 1.807) is 6.20 Å². The highest BCUT2D eigenvalue weighted by Crippen LogP contribution is 2.44. The van der Waals surface area contributed by atoms with E-state index in [2.05, 4.69) is 18.0 Å². The van der Waals surface area contributed by atoms with Crippen LogP contribution in [-0.4, -0.2) is 10.4 Å². The molecule has 0 spiro atoms. The van der Waals surface area contributed by atoms with E-state index in [0.717, 1.165) is 24.8 Å². The summed E-state index contributed by atoms with van der Waals surface area (Å²) in [5.41, 5.74) is 7.16. The lowest BCUT2D eigenvalue weighted by Crippen LogP contribution is -2.20. The molecule has 2 nitrogen and oxygen atoms in total. The molecular formula is C11H15ClN2. The van der Waals surface area contributed by atoms with E-state index in [4.69, 9.17) is 17.3 Å². The lowest BCUT2D eigenvalue weighted by atomic mass is 9.81. The summed E-state index contributed by atoms with van der Waals surface area (Å²) in [5.74, 6) is 0.653. The lowest BCUT2D eigenvalue weighted by Gasteiger charge is -2.25. The van der Waals surface area contributed by atoms with Crippen LogP contribution in [0.3, 0.4) is 0 Å². The van der Waals surface area contributed by atoms with Gasteiger partial charge in [0.05, 0.1) is 0 Å². The Labute approximate surface area is 89.5 Å². The summed E-state index contributed by atoms with van der Waals surface area (Å²) in [6.45, 7) is 2.22. The molecule has 0 amide bonds. The van der Waals surface area contributed by atoms with Gasteiger partial charge in [-0.3, -0.25) is 0 Å². The van der Waals surface area contributed by atoms with Crippen molar-refractivity contribution in [3.63, 3.8) is 0 Å². The number of rotatable bonds is 1. The third-order valence-corrected chi connectivity index (χ3v) is 3.54. The molecular weight excluding hydrogens is 196 g/mol. The SMILES string of the molecule is CC1(c2cccnc2N)CCC(Cl)C1. The second kappa shape index (κ2) is 3.43. The summed E-state index contributed by atoms with van der Waals surface area (Å²) in [7, 11) is 0. The highest BCUT2D eigenvalue weighted by molar-refractivity contribution is 6.20. The molecule has 2 unspecified atom stereocenters. The van der Waals surface area contributed by atoms with Crippen molar-refractivity contribution in [3.8, 4) is 0 Å². The average Bonchev–Trinajstić information content (AvgIpc) is 2.48. The molecule has 1 aliphatic carbocycles. The fourth-order valence-corrected chi connectivity index (χ4v) is 2.79. The number of nitrogens with zero attached hydrogens (tertiary/aromatic N) is 1. The van der Waals surface area contributed by atoms with Crippen molar-refractivity contribution in [3.05, 3.63) is 23.9 Å². The van der Waals surface area contributed by atoms with Crippen LogP contribution in [0.15, 0.2) is 18.3 Å². The van der Waals surface area contributed by atoms with Gasteiger partial charge in [-0.25, -0.2) is 4.98 Å². The minimum Gasteiger partial charge on any atom is -0.383 e. The number of halogens is 1. The molecule has 14 heavy (non-hydrogen) atoms. The van der Waals surface area contributed by atoms with Gasteiger partial charge in [0.1, 0.15) is 5.82 Å². The van der Waals surface area contributed by atoms with Gasteiger partial charge in [-0.2, -0.15) is 0 Å². The van der Waals surface area contributed by atoms with Crippen molar-refractivity contribution < 1.29 is 0 Å². The molecule has 2 N–H and O–H groups in total. The average molecular weight is 211 g/mol. The second-order valence-corrected chi connectivity index (χ2v) is 4.95. The molecule has 1 aromatic heterocycles. The van der Waals surface area contributed by atoms with Crippen LogP contribution in [0.1, 0.15) is 31.7 Å². The maximum atomic E-state index is 6.14. The van der Waals surface area contributed by atoms with Gasteiger partial charge in [-0.15, -0.1) is 11.6 Å². The van der Waals surface area contributed by atoms with Crippen molar-refractivity contribution in [1.82, 2.24) is 4.98 Å². The summed E-state index contributed by atoms with van der Waals surface area (Å²) in [6, 6.07) is 4.01. The predicted molar refractivity (Wildman–Crippen MR) is 59.5 cm³/mol. The molecule has 76 valence electrons. The highest BCUT2D eigenvalue weighted by Gasteiger charge is 2.37. The summed E-state index contributed by atoms with van der Waals surface area (Å²) in [6.07, 6.45) is 4.92. The Morgan fingerprint density at radius 1 is 1.64 bits per heavy atom. The van der Waals surface area contributed by atoms with Gasteiger partial charge in [0.2, 0.25) is 0 Å². The van der Waals surface area contributed by atoms with E-state index in [-0.39, 0.29) is 5.41 Å². The van der Waals surface area contributed by atoms with Crippen LogP contribution in [0.25, 0.3) is 0 Å². The maximum absolute atomic E-state index is 6.14. The van der Waals surface area contributed by atoms with Crippen LogP contribution in [0.5, 0.6) is 0 Å². The zero-order valence-corrected chi connectivity index (χ0v) is 9.09. The maximum Gasteiger partial charge on any atom is 0.127 e. The van der Waals surface area contributed by atoms with Crippen molar-refractivity contribution in [2.75, 3.05) is 5.73 Å². The molecule has 1 aromatic rings. The van der Waals surface area contributed by atoms with E-state index in [1.807, 2.05) is 6.07 Å². The van der Waals surface area contributed by atoms with Crippen molar-refractivity contribution in [2.45, 2.75) is 37.0 Å². The normalized spacial score (nSPS) is 32.0. The van der Waals surface area contributed by atoms with E-state index in [9.17, 15) is 0 Å². The number of hydrogen-bond donors (Lipinski definition) is 1. The minimum atomic E-state index is 0.130. The Balaban J connectivity index is 2.35. The van der Waals surface area contributed by atoms with E-state index >= 15 is 0 Å². The molecule has 2 atom stereocenters. The third kappa shape index (κ3) is 1.59. The number of nitrogens with two attached hydrogens (primary N) is 1. The number of aromatic nitrogens is 1. The highest BCUT2D eigenvalue weighted by atomic mass is 35.5. The van der Waals surface area contributed by atoms with Gasteiger partial charge in [0, 0.05) is 17.1 Å². The molecule has 0 saturated heterocycles. The number of hydrogen-bond acceptors (Lipinski definition) is 2. The number of pyridine rings is 1. The van der Waals surface area contributed by atoms with Gasteiger partial charge in [-0.1, -0.05) is 13.0 Å². The first-order valence-electron chi connectivity index (χ1n) is 4.97. The van der Waals surface area contributed by atoms with E-state index < -0.39 is 0 Å².